The molecule has 0 spiro atoms. The number of anilines is 1. The van der Waals surface area contributed by atoms with Gasteiger partial charge in [0.1, 0.15) is 11.5 Å². The molecule has 0 bridgehead atoms. The number of benzene rings is 2. The van der Waals surface area contributed by atoms with Gasteiger partial charge in [-0.2, -0.15) is 5.10 Å². The van der Waals surface area contributed by atoms with Gasteiger partial charge in [0.05, 0.1) is 25.9 Å². The molecule has 0 radical (unpaired) electrons. The smallest absolute Gasteiger partial charge is 0.251 e. The minimum atomic E-state index is -0.205. The lowest BCUT2D eigenvalue weighted by Gasteiger charge is -2.18. The van der Waals surface area contributed by atoms with E-state index in [1.807, 2.05) is 61.3 Å². The van der Waals surface area contributed by atoms with Crippen LogP contribution in [0.5, 0.6) is 11.5 Å². The van der Waals surface area contributed by atoms with Crippen LogP contribution in [-0.4, -0.2) is 32.4 Å². The summed E-state index contributed by atoms with van der Waals surface area (Å²) in [5, 5.41) is 9.46. The predicted molar refractivity (Wildman–Crippen MR) is 107 cm³/mol. The summed E-state index contributed by atoms with van der Waals surface area (Å²) in [7, 11) is 3.21. The molecule has 6 heteroatoms. The first-order valence-electron chi connectivity index (χ1n) is 8.96. The number of methoxy groups -OCH3 is 2. The second kappa shape index (κ2) is 8.12. The highest BCUT2D eigenvalue weighted by Gasteiger charge is 2.17. The van der Waals surface area contributed by atoms with Gasteiger partial charge in [0.15, 0.2) is 0 Å². The highest BCUT2D eigenvalue weighted by atomic mass is 16.5. The van der Waals surface area contributed by atoms with Crippen molar-refractivity contribution in [3.05, 3.63) is 53.6 Å². The monoisotopic (exact) mass is 367 g/mol. The van der Waals surface area contributed by atoms with Gasteiger partial charge in [0.25, 0.3) is 5.91 Å². The molecule has 1 aliphatic rings. The molecular weight excluding hydrogens is 342 g/mol. The van der Waals surface area contributed by atoms with E-state index in [1.54, 1.807) is 14.2 Å². The van der Waals surface area contributed by atoms with Gasteiger partial charge < -0.3 is 14.8 Å². The molecule has 0 saturated carbocycles. The average Bonchev–Trinajstić information content (AvgIpc) is 3.13. The molecule has 1 aliphatic heterocycles. The highest BCUT2D eigenvalue weighted by Crippen LogP contribution is 2.29. The molecule has 0 fully saturated rings. The van der Waals surface area contributed by atoms with Gasteiger partial charge in [0.2, 0.25) is 0 Å². The van der Waals surface area contributed by atoms with E-state index in [1.165, 1.54) is 0 Å². The number of amides is 1. The number of rotatable bonds is 6. The van der Waals surface area contributed by atoms with Gasteiger partial charge in [-0.05, 0) is 50.2 Å². The molecule has 1 amide bonds. The van der Waals surface area contributed by atoms with Gasteiger partial charge in [-0.15, -0.1) is 0 Å². The van der Waals surface area contributed by atoms with E-state index in [0.717, 1.165) is 29.9 Å². The molecule has 27 heavy (non-hydrogen) atoms. The van der Waals surface area contributed by atoms with Crippen LogP contribution in [0.4, 0.5) is 5.69 Å². The summed E-state index contributed by atoms with van der Waals surface area (Å²) >= 11 is 0. The Morgan fingerprint density at radius 2 is 1.89 bits per heavy atom. The van der Waals surface area contributed by atoms with Gasteiger partial charge in [-0.1, -0.05) is 0 Å². The molecule has 3 rings (SSSR count). The van der Waals surface area contributed by atoms with Crippen molar-refractivity contribution in [3.8, 4) is 11.5 Å². The number of hydrogen-bond acceptors (Lipinski definition) is 5. The van der Waals surface area contributed by atoms with Crippen molar-refractivity contribution in [1.82, 2.24) is 5.32 Å². The fraction of sp³-hybridized carbons (Fsp3) is 0.333. The van der Waals surface area contributed by atoms with Gasteiger partial charge in [-0.3, -0.25) is 9.80 Å². The predicted octanol–water partition coefficient (Wildman–Crippen LogP) is 3.78. The van der Waals surface area contributed by atoms with E-state index in [2.05, 4.69) is 10.4 Å². The van der Waals surface area contributed by atoms with Crippen LogP contribution in [0.2, 0.25) is 0 Å². The number of nitrogens with zero attached hydrogens (tertiary/aromatic N) is 2. The Bertz CT molecular complexity index is 846. The van der Waals surface area contributed by atoms with Crippen molar-refractivity contribution in [2.75, 3.05) is 25.8 Å². The third-order valence-electron chi connectivity index (χ3n) is 4.66. The lowest BCUT2D eigenvalue weighted by molar-refractivity contribution is 0.0939. The molecule has 6 nitrogen and oxygen atoms in total. The summed E-state index contributed by atoms with van der Waals surface area (Å²) in [6.07, 6.45) is 0.976. The van der Waals surface area contributed by atoms with E-state index in [4.69, 9.17) is 9.47 Å². The summed E-state index contributed by atoms with van der Waals surface area (Å²) in [6, 6.07) is 12.9. The van der Waals surface area contributed by atoms with Crippen LogP contribution in [0.15, 0.2) is 47.6 Å². The minimum absolute atomic E-state index is 0.131. The molecule has 1 heterocycles. The number of nitrogens with one attached hydrogen (secondary N) is 1. The molecule has 1 unspecified atom stereocenters. The first-order chi connectivity index (χ1) is 13.0. The van der Waals surface area contributed by atoms with Crippen molar-refractivity contribution in [1.29, 1.82) is 0 Å². The van der Waals surface area contributed by atoms with Gasteiger partial charge >= 0.3 is 0 Å². The third kappa shape index (κ3) is 4.22. The number of hydrazone groups is 1. The Morgan fingerprint density at radius 1 is 1.15 bits per heavy atom. The quantitative estimate of drug-likeness (QED) is 0.844. The van der Waals surface area contributed by atoms with Crippen molar-refractivity contribution < 1.29 is 14.3 Å². The van der Waals surface area contributed by atoms with E-state index < -0.39 is 0 Å². The Morgan fingerprint density at radius 3 is 2.48 bits per heavy atom. The van der Waals surface area contributed by atoms with Crippen LogP contribution in [0.3, 0.4) is 0 Å². The standard InChI is InChI=1S/C21H25N3O3/c1-14-11-12-24(23-14)17-7-5-16(6-8-17)21(25)22-15(2)19-10-9-18(26-3)13-20(19)27-4/h5-10,13,15H,11-12H2,1-4H3,(H,22,25). The second-order valence-corrected chi connectivity index (χ2v) is 6.56. The fourth-order valence-electron chi connectivity index (χ4n) is 3.08. The zero-order chi connectivity index (χ0) is 19.4. The number of carbonyl (C=O) groups is 1. The number of hydrogen-bond donors (Lipinski definition) is 1. The Hall–Kier alpha value is -3.02. The molecule has 0 aromatic heterocycles. The maximum Gasteiger partial charge on any atom is 0.251 e. The van der Waals surface area contributed by atoms with Crippen LogP contribution in [0, 0.1) is 0 Å². The van der Waals surface area contributed by atoms with Crippen LogP contribution in [0.25, 0.3) is 0 Å². The molecular formula is C21H25N3O3. The third-order valence-corrected chi connectivity index (χ3v) is 4.66. The Labute approximate surface area is 159 Å². The van der Waals surface area contributed by atoms with E-state index in [0.29, 0.717) is 17.1 Å². The average molecular weight is 367 g/mol. The van der Waals surface area contributed by atoms with Crippen molar-refractivity contribution in [2.24, 2.45) is 5.10 Å². The molecule has 1 N–H and O–H groups in total. The molecule has 0 saturated heterocycles. The molecule has 0 aliphatic carbocycles. The lowest BCUT2D eigenvalue weighted by Crippen LogP contribution is -2.27. The maximum atomic E-state index is 12.6. The summed E-state index contributed by atoms with van der Waals surface area (Å²) in [4.78, 5) is 12.6. The topological polar surface area (TPSA) is 63.2 Å². The van der Waals surface area contributed by atoms with Crippen molar-refractivity contribution >= 4 is 17.3 Å². The van der Waals surface area contributed by atoms with Crippen LogP contribution in [0.1, 0.15) is 42.2 Å². The van der Waals surface area contributed by atoms with Crippen molar-refractivity contribution in [3.63, 3.8) is 0 Å². The zero-order valence-electron chi connectivity index (χ0n) is 16.2. The second-order valence-electron chi connectivity index (χ2n) is 6.56. The SMILES string of the molecule is COc1ccc(C(C)NC(=O)c2ccc(N3CCC(C)=N3)cc2)c(OC)c1. The molecule has 1 atom stereocenters. The minimum Gasteiger partial charge on any atom is -0.497 e. The molecule has 2 aromatic carbocycles. The largest absolute Gasteiger partial charge is 0.497 e. The Balaban J connectivity index is 1.70. The first kappa shape index (κ1) is 18.8. The van der Waals surface area contributed by atoms with Crippen LogP contribution in [-0.2, 0) is 0 Å². The van der Waals surface area contributed by atoms with Gasteiger partial charge in [0, 0.05) is 35.9 Å². The van der Waals surface area contributed by atoms with Gasteiger partial charge in [-0.25, -0.2) is 0 Å². The molecule has 142 valence electrons. The van der Waals surface area contributed by atoms with E-state index in [-0.39, 0.29) is 11.9 Å². The fourth-order valence-corrected chi connectivity index (χ4v) is 3.08. The van der Waals surface area contributed by atoms with Crippen LogP contribution >= 0.6 is 0 Å². The van der Waals surface area contributed by atoms with E-state index >= 15 is 0 Å². The number of ether oxygens (including phenoxy) is 2. The maximum absolute atomic E-state index is 12.6. The lowest BCUT2D eigenvalue weighted by atomic mass is 10.1. The summed E-state index contributed by atoms with van der Waals surface area (Å²) in [6.45, 7) is 4.83. The van der Waals surface area contributed by atoms with E-state index in [9.17, 15) is 4.79 Å². The normalized spacial score (nSPS) is 14.5. The zero-order valence-corrected chi connectivity index (χ0v) is 16.2. The molecule has 2 aromatic rings. The first-order valence-corrected chi connectivity index (χ1v) is 8.96. The Kier molecular flexibility index (Phi) is 5.64. The summed E-state index contributed by atoms with van der Waals surface area (Å²) in [5.74, 6) is 1.26. The summed E-state index contributed by atoms with van der Waals surface area (Å²) < 4.78 is 10.6. The number of carbonyl (C=O) groups excluding carboxylic acids is 1. The van der Waals surface area contributed by atoms with Crippen molar-refractivity contribution in [2.45, 2.75) is 26.3 Å². The highest BCUT2D eigenvalue weighted by molar-refractivity contribution is 5.95. The summed E-state index contributed by atoms with van der Waals surface area (Å²) in [5.41, 5.74) is 3.62. The van der Waals surface area contributed by atoms with Crippen LogP contribution < -0.4 is 19.8 Å².